The van der Waals surface area contributed by atoms with Gasteiger partial charge in [0.15, 0.2) is 0 Å². The van der Waals surface area contributed by atoms with Crippen LogP contribution in [0.2, 0.25) is 0 Å². The summed E-state index contributed by atoms with van der Waals surface area (Å²) in [4.78, 5) is 6.30. The molecule has 1 aromatic rings. The maximum absolute atomic E-state index is 5.64. The lowest BCUT2D eigenvalue weighted by molar-refractivity contribution is 0.618. The van der Waals surface area contributed by atoms with Crippen LogP contribution in [0.5, 0.6) is 0 Å². The number of rotatable bonds is 4. The van der Waals surface area contributed by atoms with Gasteiger partial charge in [-0.05, 0) is 18.9 Å². The average molecular weight is 193 g/mol. The highest BCUT2D eigenvalue weighted by Gasteiger charge is 2.06. The Kier molecular flexibility index (Phi) is 3.74. The number of nitrogen functional groups attached to an aromatic ring is 1. The molecule has 1 rings (SSSR count). The second-order valence-corrected chi connectivity index (χ2v) is 3.87. The van der Waals surface area contributed by atoms with Crippen molar-refractivity contribution in [3.63, 3.8) is 0 Å². The van der Waals surface area contributed by atoms with Crippen LogP contribution in [0.15, 0.2) is 18.3 Å². The van der Waals surface area contributed by atoms with Gasteiger partial charge in [-0.25, -0.2) is 4.98 Å². The van der Waals surface area contributed by atoms with Crippen molar-refractivity contribution in [3.8, 4) is 0 Å². The predicted octanol–water partition coefficient (Wildman–Crippen LogP) is 2.15. The van der Waals surface area contributed by atoms with Gasteiger partial charge in [0.2, 0.25) is 0 Å². The molecule has 78 valence electrons. The molecule has 0 fully saturated rings. The first-order chi connectivity index (χ1) is 6.63. The minimum Gasteiger partial charge on any atom is -0.384 e. The van der Waals surface area contributed by atoms with Crippen LogP contribution in [0.1, 0.15) is 20.8 Å². The molecule has 0 aliphatic carbocycles. The van der Waals surface area contributed by atoms with Gasteiger partial charge in [0.25, 0.3) is 0 Å². The highest BCUT2D eigenvalue weighted by atomic mass is 15.1. The Morgan fingerprint density at radius 2 is 2.21 bits per heavy atom. The summed E-state index contributed by atoms with van der Waals surface area (Å²) in [6, 6.07) is 3.92. The first kappa shape index (κ1) is 10.8. The highest BCUT2D eigenvalue weighted by Crippen LogP contribution is 2.16. The zero-order chi connectivity index (χ0) is 10.6. The third-order valence-corrected chi connectivity index (χ3v) is 2.10. The van der Waals surface area contributed by atoms with Crippen molar-refractivity contribution in [1.29, 1.82) is 0 Å². The number of nitrogens with two attached hydrogens (primary N) is 1. The molecule has 0 spiro atoms. The fraction of sp³-hybridized carbons (Fsp3) is 0.545. The van der Waals surface area contributed by atoms with Gasteiger partial charge in [-0.1, -0.05) is 13.8 Å². The van der Waals surface area contributed by atoms with E-state index >= 15 is 0 Å². The maximum Gasteiger partial charge on any atom is 0.125 e. The number of hydrogen-bond donors (Lipinski definition) is 1. The second kappa shape index (κ2) is 4.84. The molecule has 0 aliphatic rings. The van der Waals surface area contributed by atoms with Crippen LogP contribution in [0.4, 0.5) is 11.5 Å². The normalized spacial score (nSPS) is 10.6. The topological polar surface area (TPSA) is 42.2 Å². The van der Waals surface area contributed by atoms with Crippen molar-refractivity contribution in [1.82, 2.24) is 4.98 Å². The van der Waals surface area contributed by atoms with E-state index in [2.05, 4.69) is 30.7 Å². The minimum absolute atomic E-state index is 0.588. The minimum atomic E-state index is 0.588. The standard InChI is InChI=1S/C11H19N3/c1-4-14(8-9(2)3)10-5-6-13-11(12)7-10/h5-7,9H,4,8H2,1-3H3,(H2,12,13). The van der Waals surface area contributed by atoms with Crippen LogP contribution in [0, 0.1) is 5.92 Å². The van der Waals surface area contributed by atoms with E-state index < -0.39 is 0 Å². The van der Waals surface area contributed by atoms with Gasteiger partial charge in [-0.2, -0.15) is 0 Å². The average Bonchev–Trinajstić information content (AvgIpc) is 2.14. The van der Waals surface area contributed by atoms with Gasteiger partial charge in [-0.15, -0.1) is 0 Å². The van der Waals surface area contributed by atoms with Crippen LogP contribution >= 0.6 is 0 Å². The smallest absolute Gasteiger partial charge is 0.125 e. The van der Waals surface area contributed by atoms with Crippen molar-refractivity contribution in [3.05, 3.63) is 18.3 Å². The first-order valence-corrected chi connectivity index (χ1v) is 5.10. The molecule has 0 bridgehead atoms. The molecular weight excluding hydrogens is 174 g/mol. The summed E-state index contributed by atoms with van der Waals surface area (Å²) < 4.78 is 0. The van der Waals surface area contributed by atoms with Crippen molar-refractivity contribution >= 4 is 11.5 Å². The SMILES string of the molecule is CCN(CC(C)C)c1ccnc(N)c1. The van der Waals surface area contributed by atoms with Crippen molar-refractivity contribution < 1.29 is 0 Å². The van der Waals surface area contributed by atoms with Crippen molar-refractivity contribution in [2.45, 2.75) is 20.8 Å². The summed E-state index contributed by atoms with van der Waals surface area (Å²) in [6.45, 7) is 8.64. The Bertz CT molecular complexity index is 284. The van der Waals surface area contributed by atoms with Crippen LogP contribution < -0.4 is 10.6 Å². The molecule has 3 nitrogen and oxygen atoms in total. The Hall–Kier alpha value is -1.25. The summed E-state index contributed by atoms with van der Waals surface area (Å²) in [5.74, 6) is 1.24. The molecule has 0 atom stereocenters. The fourth-order valence-corrected chi connectivity index (χ4v) is 1.49. The van der Waals surface area contributed by atoms with Gasteiger partial charge in [0, 0.05) is 31.0 Å². The van der Waals surface area contributed by atoms with Crippen LogP contribution in [-0.4, -0.2) is 18.1 Å². The van der Waals surface area contributed by atoms with Crippen molar-refractivity contribution in [2.24, 2.45) is 5.92 Å². The monoisotopic (exact) mass is 193 g/mol. The molecule has 0 amide bonds. The molecule has 14 heavy (non-hydrogen) atoms. The van der Waals surface area contributed by atoms with E-state index in [1.807, 2.05) is 12.1 Å². The lowest BCUT2D eigenvalue weighted by atomic mass is 10.2. The molecule has 0 aromatic carbocycles. The largest absolute Gasteiger partial charge is 0.384 e. The van der Waals surface area contributed by atoms with Gasteiger partial charge >= 0.3 is 0 Å². The third kappa shape index (κ3) is 2.91. The van der Waals surface area contributed by atoms with Crippen LogP contribution in [0.3, 0.4) is 0 Å². The molecule has 0 aliphatic heterocycles. The molecule has 1 aromatic heterocycles. The highest BCUT2D eigenvalue weighted by molar-refractivity contribution is 5.51. The zero-order valence-electron chi connectivity index (χ0n) is 9.20. The maximum atomic E-state index is 5.64. The lowest BCUT2D eigenvalue weighted by Gasteiger charge is -2.25. The Morgan fingerprint density at radius 3 is 2.71 bits per heavy atom. The van der Waals surface area contributed by atoms with Crippen LogP contribution in [-0.2, 0) is 0 Å². The molecular formula is C11H19N3. The van der Waals surface area contributed by atoms with Gasteiger partial charge in [0.1, 0.15) is 5.82 Å². The summed E-state index contributed by atoms with van der Waals surface area (Å²) in [6.07, 6.45) is 1.76. The Balaban J connectivity index is 2.78. The number of aromatic nitrogens is 1. The fourth-order valence-electron chi connectivity index (χ4n) is 1.49. The molecule has 0 radical (unpaired) electrons. The lowest BCUT2D eigenvalue weighted by Crippen LogP contribution is -2.27. The number of nitrogens with zero attached hydrogens (tertiary/aromatic N) is 2. The molecule has 0 saturated carbocycles. The van der Waals surface area contributed by atoms with Gasteiger partial charge < -0.3 is 10.6 Å². The molecule has 1 heterocycles. The quantitative estimate of drug-likeness (QED) is 0.796. The summed E-state index contributed by atoms with van der Waals surface area (Å²) >= 11 is 0. The van der Waals surface area contributed by atoms with Crippen molar-refractivity contribution in [2.75, 3.05) is 23.7 Å². The number of hydrogen-bond acceptors (Lipinski definition) is 3. The number of pyridine rings is 1. The van der Waals surface area contributed by atoms with E-state index in [0.717, 1.165) is 18.8 Å². The second-order valence-electron chi connectivity index (χ2n) is 3.87. The van der Waals surface area contributed by atoms with Gasteiger partial charge in [-0.3, -0.25) is 0 Å². The summed E-state index contributed by atoms with van der Waals surface area (Å²) in [5.41, 5.74) is 6.80. The van der Waals surface area contributed by atoms with E-state index in [9.17, 15) is 0 Å². The summed E-state index contributed by atoms with van der Waals surface area (Å²) in [7, 11) is 0. The van der Waals surface area contributed by atoms with E-state index in [4.69, 9.17) is 5.73 Å². The molecule has 2 N–H and O–H groups in total. The molecule has 3 heteroatoms. The molecule has 0 unspecified atom stereocenters. The summed E-state index contributed by atoms with van der Waals surface area (Å²) in [5, 5.41) is 0. The zero-order valence-corrected chi connectivity index (χ0v) is 9.20. The first-order valence-electron chi connectivity index (χ1n) is 5.10. The number of anilines is 2. The van der Waals surface area contributed by atoms with E-state index in [1.165, 1.54) is 0 Å². The Labute approximate surface area is 85.9 Å². The van der Waals surface area contributed by atoms with Gasteiger partial charge in [0.05, 0.1) is 0 Å². The van der Waals surface area contributed by atoms with Crippen LogP contribution in [0.25, 0.3) is 0 Å². The molecule has 0 saturated heterocycles. The van der Waals surface area contributed by atoms with E-state index in [-0.39, 0.29) is 0 Å². The van der Waals surface area contributed by atoms with E-state index in [1.54, 1.807) is 6.20 Å². The predicted molar refractivity (Wildman–Crippen MR) is 61.4 cm³/mol. The van der Waals surface area contributed by atoms with E-state index in [0.29, 0.717) is 11.7 Å². The Morgan fingerprint density at radius 1 is 1.50 bits per heavy atom. The third-order valence-electron chi connectivity index (χ3n) is 2.10.